The molecule has 0 saturated heterocycles. The number of amides is 1. The molecular formula is C18H19NO6S. The average molecular weight is 377 g/mol. The lowest BCUT2D eigenvalue weighted by atomic mass is 9.89. The van der Waals surface area contributed by atoms with Crippen molar-refractivity contribution in [2.24, 2.45) is 0 Å². The van der Waals surface area contributed by atoms with Gasteiger partial charge in [-0.1, -0.05) is 12.1 Å². The van der Waals surface area contributed by atoms with Crippen LogP contribution in [0.3, 0.4) is 0 Å². The molecule has 7 nitrogen and oxygen atoms in total. The monoisotopic (exact) mass is 377 g/mol. The Morgan fingerprint density at radius 2 is 1.88 bits per heavy atom. The smallest absolute Gasteiger partial charge is 0.328 e. The summed E-state index contributed by atoms with van der Waals surface area (Å²) in [5.41, 5.74) is 0.783. The van der Waals surface area contributed by atoms with Gasteiger partial charge in [-0.15, -0.1) is 11.8 Å². The van der Waals surface area contributed by atoms with Gasteiger partial charge in [0.25, 0.3) is 0 Å². The van der Waals surface area contributed by atoms with Crippen molar-refractivity contribution in [3.8, 4) is 5.75 Å². The lowest BCUT2D eigenvalue weighted by Crippen LogP contribution is -2.40. The van der Waals surface area contributed by atoms with Crippen molar-refractivity contribution in [3.63, 3.8) is 0 Å². The Labute approximate surface area is 155 Å². The molecule has 0 bridgehead atoms. The van der Waals surface area contributed by atoms with Crippen LogP contribution in [0, 0.1) is 0 Å². The number of hydrogen-bond donors (Lipinski definition) is 1. The Morgan fingerprint density at radius 3 is 2.50 bits per heavy atom. The molecule has 1 atom stereocenters. The molecule has 8 heteroatoms. The maximum absolute atomic E-state index is 12.8. The van der Waals surface area contributed by atoms with Gasteiger partial charge >= 0.3 is 5.97 Å². The number of fused-ring (bicyclic) bond motifs is 1. The molecule has 0 spiro atoms. The summed E-state index contributed by atoms with van der Waals surface area (Å²) >= 11 is 0.959. The molecule has 0 saturated carbocycles. The molecule has 0 unspecified atom stereocenters. The minimum absolute atomic E-state index is 0.114. The van der Waals surface area contributed by atoms with E-state index in [9.17, 15) is 19.2 Å². The number of carbonyl (C=O) groups excluding carboxylic acids is 4. The third-order valence-corrected chi connectivity index (χ3v) is 5.07. The van der Waals surface area contributed by atoms with Gasteiger partial charge in [-0.3, -0.25) is 14.4 Å². The van der Waals surface area contributed by atoms with Gasteiger partial charge < -0.3 is 14.8 Å². The number of rotatable bonds is 6. The summed E-state index contributed by atoms with van der Waals surface area (Å²) in [6.07, 6.45) is 0. The van der Waals surface area contributed by atoms with E-state index < -0.39 is 17.9 Å². The minimum Gasteiger partial charge on any atom is -0.496 e. The predicted molar refractivity (Wildman–Crippen MR) is 96.4 cm³/mol. The van der Waals surface area contributed by atoms with E-state index in [1.54, 1.807) is 25.1 Å². The van der Waals surface area contributed by atoms with Crippen molar-refractivity contribution in [2.45, 2.75) is 19.9 Å². The Kier molecular flexibility index (Phi) is 6.20. The van der Waals surface area contributed by atoms with Crippen LogP contribution in [0.4, 0.5) is 0 Å². The maximum atomic E-state index is 12.8. The van der Waals surface area contributed by atoms with E-state index in [-0.39, 0.29) is 33.4 Å². The molecular weight excluding hydrogens is 358 g/mol. The molecule has 0 aromatic heterocycles. The second-order valence-electron chi connectivity index (χ2n) is 5.60. The quantitative estimate of drug-likeness (QED) is 0.754. The first-order valence-electron chi connectivity index (χ1n) is 7.79. The summed E-state index contributed by atoms with van der Waals surface area (Å²) < 4.78 is 9.73. The van der Waals surface area contributed by atoms with Crippen LogP contribution in [0.15, 0.2) is 28.7 Å². The Bertz CT molecular complexity index is 814. The molecule has 0 aliphatic heterocycles. The zero-order chi connectivity index (χ0) is 19.4. The van der Waals surface area contributed by atoms with E-state index in [0.717, 1.165) is 11.8 Å². The first-order chi connectivity index (χ1) is 12.3. The second-order valence-corrected chi connectivity index (χ2v) is 6.58. The maximum Gasteiger partial charge on any atom is 0.328 e. The number of methoxy groups -OCH3 is 2. The molecule has 138 valence electrons. The summed E-state index contributed by atoms with van der Waals surface area (Å²) in [7, 11) is 2.65. The molecule has 1 aliphatic carbocycles. The summed E-state index contributed by atoms with van der Waals surface area (Å²) in [5.74, 6) is -1.44. The fraction of sp³-hybridized carbons (Fsp3) is 0.333. The van der Waals surface area contributed by atoms with Gasteiger partial charge in [-0.2, -0.15) is 0 Å². The Hall–Kier alpha value is -2.61. The number of ether oxygens (including phenoxy) is 2. The van der Waals surface area contributed by atoms with E-state index in [4.69, 9.17) is 4.74 Å². The van der Waals surface area contributed by atoms with E-state index in [0.29, 0.717) is 11.3 Å². The van der Waals surface area contributed by atoms with Crippen LogP contribution in [0.25, 0.3) is 0 Å². The summed E-state index contributed by atoms with van der Waals surface area (Å²) in [5, 5.41) is 2.47. The number of benzene rings is 1. The van der Waals surface area contributed by atoms with E-state index in [1.165, 1.54) is 21.1 Å². The normalized spacial score (nSPS) is 14.6. The van der Waals surface area contributed by atoms with Crippen molar-refractivity contribution >= 4 is 35.2 Å². The minimum atomic E-state index is -0.798. The SMILES string of the molecule is COC(=O)[C@H](C)NC(=O)CSC1=C(C)C(=O)c2cccc(OC)c2C1=O. The summed E-state index contributed by atoms with van der Waals surface area (Å²) in [4.78, 5) is 48.9. The van der Waals surface area contributed by atoms with Gasteiger partial charge in [0.15, 0.2) is 5.78 Å². The van der Waals surface area contributed by atoms with Gasteiger partial charge in [0, 0.05) is 11.1 Å². The van der Waals surface area contributed by atoms with Crippen LogP contribution in [-0.2, 0) is 14.3 Å². The van der Waals surface area contributed by atoms with Crippen molar-refractivity contribution in [1.29, 1.82) is 0 Å². The molecule has 2 rings (SSSR count). The third kappa shape index (κ3) is 3.80. The zero-order valence-corrected chi connectivity index (χ0v) is 15.7. The van der Waals surface area contributed by atoms with Crippen LogP contribution < -0.4 is 10.1 Å². The topological polar surface area (TPSA) is 98.8 Å². The third-order valence-electron chi connectivity index (χ3n) is 3.89. The van der Waals surface area contributed by atoms with E-state index >= 15 is 0 Å². The molecule has 0 heterocycles. The lowest BCUT2D eigenvalue weighted by molar-refractivity contribution is -0.144. The van der Waals surface area contributed by atoms with E-state index in [2.05, 4.69) is 10.1 Å². The highest BCUT2D eigenvalue weighted by Crippen LogP contribution is 2.36. The van der Waals surface area contributed by atoms with Crippen LogP contribution in [0.1, 0.15) is 34.6 Å². The number of allylic oxidation sites excluding steroid dienone is 2. The van der Waals surface area contributed by atoms with Crippen molar-refractivity contribution in [3.05, 3.63) is 39.8 Å². The molecule has 0 radical (unpaired) electrons. The molecule has 26 heavy (non-hydrogen) atoms. The standard InChI is InChI=1S/C18H19NO6S/c1-9-15(21)11-6-5-7-12(24-3)14(11)16(22)17(9)26-8-13(20)19-10(2)18(23)25-4/h5-7,10H,8H2,1-4H3,(H,19,20)/t10-/m0/s1. The van der Waals surface area contributed by atoms with Crippen molar-refractivity contribution < 1.29 is 28.7 Å². The van der Waals surface area contributed by atoms with Gasteiger partial charge in [0.2, 0.25) is 11.7 Å². The number of nitrogens with one attached hydrogen (secondary N) is 1. The fourth-order valence-corrected chi connectivity index (χ4v) is 3.45. The highest BCUT2D eigenvalue weighted by molar-refractivity contribution is 8.04. The Balaban J connectivity index is 2.18. The molecule has 1 aromatic carbocycles. The number of esters is 1. The molecule has 1 amide bonds. The molecule has 1 aliphatic rings. The second kappa shape index (κ2) is 8.18. The lowest BCUT2D eigenvalue weighted by Gasteiger charge is -2.20. The molecule has 0 fully saturated rings. The van der Waals surface area contributed by atoms with E-state index in [1.807, 2.05) is 0 Å². The van der Waals surface area contributed by atoms with Crippen molar-refractivity contribution in [1.82, 2.24) is 5.32 Å². The van der Waals surface area contributed by atoms with Gasteiger partial charge in [0.05, 0.1) is 30.4 Å². The van der Waals surface area contributed by atoms with Gasteiger partial charge in [0.1, 0.15) is 11.8 Å². The van der Waals surface area contributed by atoms with Gasteiger partial charge in [-0.25, -0.2) is 4.79 Å². The highest BCUT2D eigenvalue weighted by Gasteiger charge is 2.33. The van der Waals surface area contributed by atoms with Crippen LogP contribution in [-0.4, -0.2) is 49.5 Å². The predicted octanol–water partition coefficient (Wildman–Crippen LogP) is 1.76. The Morgan fingerprint density at radius 1 is 1.19 bits per heavy atom. The number of carbonyl (C=O) groups is 4. The number of thioether (sulfide) groups is 1. The zero-order valence-electron chi connectivity index (χ0n) is 14.9. The first-order valence-corrected chi connectivity index (χ1v) is 8.77. The van der Waals surface area contributed by atoms with Crippen molar-refractivity contribution in [2.75, 3.05) is 20.0 Å². The fourth-order valence-electron chi connectivity index (χ4n) is 2.54. The number of ketones is 2. The molecule has 1 N–H and O–H groups in total. The highest BCUT2D eigenvalue weighted by atomic mass is 32.2. The summed E-state index contributed by atoms with van der Waals surface area (Å²) in [6.45, 7) is 3.05. The van der Waals surface area contributed by atoms with Crippen LogP contribution >= 0.6 is 11.8 Å². The number of hydrogen-bond acceptors (Lipinski definition) is 7. The largest absolute Gasteiger partial charge is 0.496 e. The van der Waals surface area contributed by atoms with Gasteiger partial charge in [-0.05, 0) is 19.9 Å². The molecule has 1 aromatic rings. The first kappa shape index (κ1) is 19.7. The number of Topliss-reactive ketones (excluding diaryl/α,β-unsaturated/α-hetero) is 2. The van der Waals surface area contributed by atoms with Crippen LogP contribution in [0.2, 0.25) is 0 Å². The average Bonchev–Trinajstić information content (AvgIpc) is 2.64. The summed E-state index contributed by atoms with van der Waals surface area (Å²) in [6, 6.07) is 4.04. The van der Waals surface area contributed by atoms with Crippen LogP contribution in [0.5, 0.6) is 5.75 Å².